The molecule has 0 fully saturated rings. The largest absolute Gasteiger partial charge is 0.332 e. The van der Waals surface area contributed by atoms with Crippen LogP contribution in [0.1, 0.15) is 32.0 Å². The summed E-state index contributed by atoms with van der Waals surface area (Å²) in [4.78, 5) is 14.0. The molecule has 0 spiro atoms. The van der Waals surface area contributed by atoms with Gasteiger partial charge in [-0.05, 0) is 6.26 Å². The van der Waals surface area contributed by atoms with Crippen LogP contribution in [-0.2, 0) is 17.9 Å². The fraction of sp³-hybridized carbons (Fsp3) is 0.636. The lowest BCUT2D eigenvalue weighted by atomic mass is 9.95. The zero-order valence-corrected chi connectivity index (χ0v) is 10.9. The summed E-state index contributed by atoms with van der Waals surface area (Å²) in [5, 5.41) is 8.23. The molecule has 2 rings (SSSR count). The number of hydrogen-bond donors (Lipinski definition) is 1. The Hall–Kier alpha value is -0.970. The fourth-order valence-electron chi connectivity index (χ4n) is 1.90. The average Bonchev–Trinajstić information content (AvgIpc) is 2.73. The van der Waals surface area contributed by atoms with Gasteiger partial charge in [-0.1, -0.05) is 20.8 Å². The first-order valence-corrected chi connectivity index (χ1v) is 6.55. The average molecular weight is 239 g/mol. The molecule has 0 bridgehead atoms. The Kier molecular flexibility index (Phi) is 2.74. The van der Waals surface area contributed by atoms with Crippen molar-refractivity contribution in [3.63, 3.8) is 0 Å². The van der Waals surface area contributed by atoms with Gasteiger partial charge in [-0.3, -0.25) is 9.89 Å². The molecule has 2 heterocycles. The summed E-state index contributed by atoms with van der Waals surface area (Å²) in [5.41, 5.74) is 1.96. The molecule has 1 amide bonds. The zero-order chi connectivity index (χ0) is 11.9. The van der Waals surface area contributed by atoms with Crippen molar-refractivity contribution in [1.29, 1.82) is 0 Å². The third-order valence-corrected chi connectivity index (χ3v) is 3.46. The lowest BCUT2D eigenvalue weighted by Gasteiger charge is -2.25. The second-order valence-corrected chi connectivity index (χ2v) is 5.90. The van der Waals surface area contributed by atoms with Crippen molar-refractivity contribution in [2.45, 2.75) is 38.9 Å². The monoisotopic (exact) mass is 239 g/mol. The highest BCUT2D eigenvalue weighted by atomic mass is 32.2. The second-order valence-electron chi connectivity index (χ2n) is 5.10. The standard InChI is InChI=1S/C11H17N3OS/c1-11(2,3)10(15)14-5-7-8(6-14)12-13-9(7)16-4/h5-6H2,1-4H3,(H,12,13). The molecular weight excluding hydrogens is 222 g/mol. The van der Waals surface area contributed by atoms with Crippen LogP contribution in [0.3, 0.4) is 0 Å². The van der Waals surface area contributed by atoms with E-state index in [0.717, 1.165) is 10.7 Å². The second kappa shape index (κ2) is 3.80. The number of rotatable bonds is 1. The summed E-state index contributed by atoms with van der Waals surface area (Å²) in [7, 11) is 0. The number of nitrogens with one attached hydrogen (secondary N) is 1. The first-order valence-electron chi connectivity index (χ1n) is 5.33. The molecule has 0 aromatic carbocycles. The number of thioether (sulfide) groups is 1. The van der Waals surface area contributed by atoms with E-state index in [1.54, 1.807) is 11.8 Å². The molecule has 16 heavy (non-hydrogen) atoms. The molecule has 1 aromatic rings. The van der Waals surface area contributed by atoms with Crippen LogP contribution >= 0.6 is 11.8 Å². The molecule has 0 saturated heterocycles. The number of hydrogen-bond acceptors (Lipinski definition) is 3. The van der Waals surface area contributed by atoms with E-state index < -0.39 is 0 Å². The van der Waals surface area contributed by atoms with Crippen molar-refractivity contribution in [1.82, 2.24) is 15.1 Å². The molecule has 1 aliphatic rings. The van der Waals surface area contributed by atoms with E-state index in [4.69, 9.17) is 0 Å². The van der Waals surface area contributed by atoms with Crippen molar-refractivity contribution in [3.05, 3.63) is 11.3 Å². The number of aromatic amines is 1. The Morgan fingerprint density at radius 1 is 1.44 bits per heavy atom. The molecule has 0 saturated carbocycles. The molecule has 4 nitrogen and oxygen atoms in total. The highest BCUT2D eigenvalue weighted by Gasteiger charge is 2.33. The van der Waals surface area contributed by atoms with E-state index in [9.17, 15) is 4.79 Å². The number of fused-ring (bicyclic) bond motifs is 1. The van der Waals surface area contributed by atoms with Gasteiger partial charge in [0.15, 0.2) is 0 Å². The lowest BCUT2D eigenvalue weighted by Crippen LogP contribution is -2.35. The molecular formula is C11H17N3OS. The van der Waals surface area contributed by atoms with Gasteiger partial charge in [0.05, 0.1) is 18.8 Å². The molecule has 5 heteroatoms. The molecule has 1 aliphatic heterocycles. The van der Waals surface area contributed by atoms with Crippen LogP contribution in [0.2, 0.25) is 0 Å². The minimum Gasteiger partial charge on any atom is -0.332 e. The third-order valence-electron chi connectivity index (χ3n) is 2.73. The number of amides is 1. The van der Waals surface area contributed by atoms with Crippen molar-refractivity contribution in [2.75, 3.05) is 6.26 Å². The third kappa shape index (κ3) is 1.84. The van der Waals surface area contributed by atoms with E-state index >= 15 is 0 Å². The summed E-state index contributed by atoms with van der Waals surface area (Å²) in [6, 6.07) is 0. The van der Waals surface area contributed by atoms with Crippen LogP contribution < -0.4 is 0 Å². The normalized spacial score (nSPS) is 15.4. The van der Waals surface area contributed by atoms with Crippen LogP contribution in [0.4, 0.5) is 0 Å². The zero-order valence-electron chi connectivity index (χ0n) is 10.1. The topological polar surface area (TPSA) is 49.0 Å². The summed E-state index contributed by atoms with van der Waals surface area (Å²) in [5.74, 6) is 0.198. The van der Waals surface area contributed by atoms with Gasteiger partial charge in [-0.15, -0.1) is 11.8 Å². The van der Waals surface area contributed by atoms with Gasteiger partial charge in [0.25, 0.3) is 0 Å². The van der Waals surface area contributed by atoms with E-state index in [1.165, 1.54) is 5.56 Å². The molecule has 0 radical (unpaired) electrons. The first-order chi connectivity index (χ1) is 7.43. The molecule has 88 valence electrons. The van der Waals surface area contributed by atoms with Gasteiger partial charge >= 0.3 is 0 Å². The van der Waals surface area contributed by atoms with Crippen molar-refractivity contribution < 1.29 is 4.79 Å². The van der Waals surface area contributed by atoms with E-state index in [-0.39, 0.29) is 11.3 Å². The van der Waals surface area contributed by atoms with Gasteiger partial charge in [0.1, 0.15) is 5.03 Å². The number of nitrogens with zero attached hydrogens (tertiary/aromatic N) is 2. The lowest BCUT2D eigenvalue weighted by molar-refractivity contribution is -0.140. The van der Waals surface area contributed by atoms with E-state index in [2.05, 4.69) is 10.2 Å². The van der Waals surface area contributed by atoms with Crippen LogP contribution in [0.5, 0.6) is 0 Å². The van der Waals surface area contributed by atoms with E-state index in [1.807, 2.05) is 31.9 Å². The van der Waals surface area contributed by atoms with Gasteiger partial charge in [0, 0.05) is 11.0 Å². The Morgan fingerprint density at radius 3 is 2.69 bits per heavy atom. The van der Waals surface area contributed by atoms with Gasteiger partial charge < -0.3 is 4.90 Å². The summed E-state index contributed by atoms with van der Waals surface area (Å²) in [6.45, 7) is 7.22. The van der Waals surface area contributed by atoms with Crippen LogP contribution in [-0.4, -0.2) is 27.3 Å². The van der Waals surface area contributed by atoms with Crippen LogP contribution in [0, 0.1) is 5.41 Å². The van der Waals surface area contributed by atoms with Crippen LogP contribution in [0.15, 0.2) is 5.03 Å². The molecule has 0 atom stereocenters. The minimum absolute atomic E-state index is 0.198. The van der Waals surface area contributed by atoms with Crippen LogP contribution in [0.25, 0.3) is 0 Å². The number of H-pyrrole nitrogens is 1. The smallest absolute Gasteiger partial charge is 0.228 e. The molecule has 1 aromatic heterocycles. The molecule has 0 aliphatic carbocycles. The predicted molar refractivity (Wildman–Crippen MR) is 64.1 cm³/mol. The highest BCUT2D eigenvalue weighted by Crippen LogP contribution is 2.31. The van der Waals surface area contributed by atoms with Gasteiger partial charge in [-0.25, -0.2) is 0 Å². The molecule has 0 unspecified atom stereocenters. The maximum Gasteiger partial charge on any atom is 0.228 e. The number of carbonyl (C=O) groups is 1. The van der Waals surface area contributed by atoms with E-state index in [0.29, 0.717) is 13.1 Å². The Morgan fingerprint density at radius 2 is 2.12 bits per heavy atom. The SMILES string of the molecule is CSc1n[nH]c2c1CN(C(=O)C(C)(C)C)C2. The quantitative estimate of drug-likeness (QED) is 0.763. The number of aromatic nitrogens is 2. The van der Waals surface area contributed by atoms with Gasteiger partial charge in [-0.2, -0.15) is 5.10 Å². The number of carbonyl (C=O) groups excluding carboxylic acids is 1. The summed E-state index contributed by atoms with van der Waals surface area (Å²) in [6.07, 6.45) is 2.00. The maximum absolute atomic E-state index is 12.1. The summed E-state index contributed by atoms with van der Waals surface area (Å²) < 4.78 is 0. The highest BCUT2D eigenvalue weighted by molar-refractivity contribution is 7.98. The predicted octanol–water partition coefficient (Wildman–Crippen LogP) is 2.02. The Balaban J connectivity index is 2.17. The maximum atomic E-state index is 12.1. The van der Waals surface area contributed by atoms with Crippen molar-refractivity contribution in [2.24, 2.45) is 5.41 Å². The Bertz CT molecular complexity index is 419. The summed E-state index contributed by atoms with van der Waals surface area (Å²) >= 11 is 1.62. The fourth-order valence-corrected chi connectivity index (χ4v) is 2.47. The van der Waals surface area contributed by atoms with Gasteiger partial charge in [0.2, 0.25) is 5.91 Å². The minimum atomic E-state index is -0.309. The van der Waals surface area contributed by atoms with Crippen molar-refractivity contribution >= 4 is 17.7 Å². The Labute approximate surface area is 99.8 Å². The van der Waals surface area contributed by atoms with Crippen molar-refractivity contribution in [3.8, 4) is 0 Å². The first kappa shape index (κ1) is 11.5. The molecule has 1 N–H and O–H groups in total.